The van der Waals surface area contributed by atoms with Crippen molar-refractivity contribution >= 4 is 22.9 Å². The Morgan fingerprint density at radius 1 is 1.13 bits per heavy atom. The van der Waals surface area contributed by atoms with Crippen molar-refractivity contribution in [1.82, 2.24) is 19.4 Å². The highest BCUT2D eigenvalue weighted by Gasteiger charge is 2.40. The molecule has 1 fully saturated rings. The fraction of sp³-hybridized carbons (Fsp3) is 0.381. The number of hydrogen-bond acceptors (Lipinski definition) is 3. The highest BCUT2D eigenvalue weighted by atomic mass is 19.4. The lowest BCUT2D eigenvalue weighted by Gasteiger charge is -2.33. The van der Waals surface area contributed by atoms with Gasteiger partial charge in [-0.05, 0) is 62.1 Å². The molecule has 0 saturated carbocycles. The van der Waals surface area contributed by atoms with Crippen molar-refractivity contribution in [1.29, 1.82) is 0 Å². The maximum atomic E-state index is 13.6. The van der Waals surface area contributed by atoms with Crippen LogP contribution in [0.1, 0.15) is 35.8 Å². The lowest BCUT2D eigenvalue weighted by atomic mass is 10.0. The van der Waals surface area contributed by atoms with Crippen molar-refractivity contribution in [3.8, 4) is 0 Å². The number of carbonyl (C=O) groups is 1. The lowest BCUT2D eigenvalue weighted by molar-refractivity contribution is -0.147. The average molecular weight is 417 g/mol. The van der Waals surface area contributed by atoms with Gasteiger partial charge in [-0.2, -0.15) is 13.2 Å². The molecule has 0 aliphatic carbocycles. The number of anilines is 1. The molecule has 30 heavy (non-hydrogen) atoms. The van der Waals surface area contributed by atoms with Crippen molar-refractivity contribution < 1.29 is 18.0 Å². The van der Waals surface area contributed by atoms with E-state index in [0.717, 1.165) is 11.1 Å². The van der Waals surface area contributed by atoms with Gasteiger partial charge in [0.15, 0.2) is 5.65 Å². The summed E-state index contributed by atoms with van der Waals surface area (Å²) >= 11 is 0. The highest BCUT2D eigenvalue weighted by Crippen LogP contribution is 2.36. The molecule has 1 aromatic carbocycles. The minimum Gasteiger partial charge on any atom is -0.324 e. The minimum atomic E-state index is -4.57. The Morgan fingerprint density at radius 2 is 1.80 bits per heavy atom. The monoisotopic (exact) mass is 417 g/mol. The Labute approximate surface area is 171 Å². The van der Waals surface area contributed by atoms with E-state index >= 15 is 0 Å². The van der Waals surface area contributed by atoms with Gasteiger partial charge < -0.3 is 14.8 Å². The van der Waals surface area contributed by atoms with Crippen LogP contribution in [0, 0.1) is 13.8 Å². The van der Waals surface area contributed by atoms with Crippen LogP contribution < -0.4 is 5.32 Å². The number of rotatable bonds is 2. The van der Waals surface area contributed by atoms with Gasteiger partial charge in [-0.25, -0.2) is 14.8 Å². The van der Waals surface area contributed by atoms with Crippen LogP contribution in [0.25, 0.3) is 11.2 Å². The van der Waals surface area contributed by atoms with E-state index in [1.807, 2.05) is 32.0 Å². The number of nitrogens with zero attached hydrogens (tertiary/aromatic N) is 4. The van der Waals surface area contributed by atoms with E-state index in [9.17, 15) is 18.0 Å². The maximum absolute atomic E-state index is 13.6. The molecule has 0 atom stereocenters. The quantitative estimate of drug-likeness (QED) is 0.643. The molecular weight excluding hydrogens is 395 g/mol. The van der Waals surface area contributed by atoms with Crippen LogP contribution in [0.3, 0.4) is 0 Å². The molecule has 1 saturated heterocycles. The molecule has 1 aliphatic heterocycles. The van der Waals surface area contributed by atoms with Crippen LogP contribution in [-0.2, 0) is 6.18 Å². The normalized spacial score (nSPS) is 15.6. The number of urea groups is 1. The summed E-state index contributed by atoms with van der Waals surface area (Å²) in [4.78, 5) is 22.2. The van der Waals surface area contributed by atoms with Crippen LogP contribution >= 0.6 is 0 Å². The van der Waals surface area contributed by atoms with E-state index in [-0.39, 0.29) is 17.2 Å². The third kappa shape index (κ3) is 3.96. The first-order valence-electron chi connectivity index (χ1n) is 9.77. The van der Waals surface area contributed by atoms with Crippen molar-refractivity contribution in [3.63, 3.8) is 0 Å². The molecule has 0 radical (unpaired) electrons. The van der Waals surface area contributed by atoms with Crippen molar-refractivity contribution in [2.75, 3.05) is 18.4 Å². The molecule has 2 amide bonds. The number of alkyl halides is 3. The van der Waals surface area contributed by atoms with E-state index in [1.54, 1.807) is 11.0 Å². The Balaban J connectivity index is 1.50. The zero-order chi connectivity index (χ0) is 21.5. The molecule has 2 aromatic heterocycles. The van der Waals surface area contributed by atoms with Gasteiger partial charge in [-0.3, -0.25) is 0 Å². The Hall–Kier alpha value is -3.10. The van der Waals surface area contributed by atoms with Gasteiger partial charge in [-0.15, -0.1) is 0 Å². The van der Waals surface area contributed by atoms with Crippen LogP contribution in [0.4, 0.5) is 23.7 Å². The van der Waals surface area contributed by atoms with Crippen molar-refractivity contribution in [3.05, 3.63) is 53.5 Å². The molecule has 9 heteroatoms. The SMILES string of the molecule is Cc1cc(C)cc(NC(=O)N2CCC(n3c(C(F)(F)F)nc4cccnc43)CC2)c1. The summed E-state index contributed by atoms with van der Waals surface area (Å²) < 4.78 is 41.9. The molecule has 158 valence electrons. The largest absolute Gasteiger partial charge is 0.449 e. The summed E-state index contributed by atoms with van der Waals surface area (Å²) in [6, 6.07) is 8.21. The summed E-state index contributed by atoms with van der Waals surface area (Å²) in [5.74, 6) is -0.936. The van der Waals surface area contributed by atoms with Crippen LogP contribution in [-0.4, -0.2) is 38.6 Å². The van der Waals surface area contributed by atoms with Gasteiger partial charge in [0, 0.05) is 31.0 Å². The van der Waals surface area contributed by atoms with Crippen LogP contribution in [0.2, 0.25) is 0 Å². The molecule has 0 spiro atoms. The molecule has 6 nitrogen and oxygen atoms in total. The standard InChI is InChI=1S/C21H22F3N5O/c1-13-10-14(2)12-15(11-13)26-20(30)28-8-5-16(6-9-28)29-18-17(4-3-7-25-18)27-19(29)21(22,23)24/h3-4,7,10-12,16H,5-6,8-9H2,1-2H3,(H,26,30). The number of nitrogens with one attached hydrogen (secondary N) is 1. The van der Waals surface area contributed by atoms with E-state index in [4.69, 9.17) is 0 Å². The van der Waals surface area contributed by atoms with Gasteiger partial charge >= 0.3 is 12.2 Å². The summed E-state index contributed by atoms with van der Waals surface area (Å²) in [5, 5.41) is 2.88. The molecule has 3 heterocycles. The number of amides is 2. The van der Waals surface area contributed by atoms with Gasteiger partial charge in [0.1, 0.15) is 5.52 Å². The van der Waals surface area contributed by atoms with Gasteiger partial charge in [0.25, 0.3) is 0 Å². The molecule has 1 N–H and O–H groups in total. The van der Waals surface area contributed by atoms with Gasteiger partial charge in [-0.1, -0.05) is 6.07 Å². The Kier molecular flexibility index (Phi) is 5.13. The van der Waals surface area contributed by atoms with E-state index in [1.165, 1.54) is 16.8 Å². The van der Waals surface area contributed by atoms with E-state index in [0.29, 0.717) is 31.6 Å². The molecule has 1 aliphatic rings. The fourth-order valence-corrected chi connectivity index (χ4v) is 4.05. The number of halogens is 3. The number of likely N-dealkylation sites (tertiary alicyclic amines) is 1. The first-order chi connectivity index (χ1) is 14.2. The minimum absolute atomic E-state index is 0.222. The number of aryl methyl sites for hydroxylation is 2. The topological polar surface area (TPSA) is 63.1 Å². The number of imidazole rings is 1. The van der Waals surface area contributed by atoms with Crippen molar-refractivity contribution in [2.24, 2.45) is 0 Å². The second kappa shape index (κ2) is 7.62. The number of pyridine rings is 1. The first kappa shape index (κ1) is 20.2. The third-order valence-electron chi connectivity index (χ3n) is 5.29. The number of benzene rings is 1. The van der Waals surface area contributed by atoms with Crippen LogP contribution in [0.5, 0.6) is 0 Å². The van der Waals surface area contributed by atoms with Crippen LogP contribution in [0.15, 0.2) is 36.5 Å². The Morgan fingerprint density at radius 3 is 2.43 bits per heavy atom. The third-order valence-corrected chi connectivity index (χ3v) is 5.29. The molecular formula is C21H22F3N5O. The number of piperidine rings is 1. The first-order valence-corrected chi connectivity index (χ1v) is 9.77. The number of carbonyl (C=O) groups excluding carboxylic acids is 1. The predicted octanol–water partition coefficient (Wildman–Crippen LogP) is 4.94. The molecule has 0 unspecified atom stereocenters. The number of fused-ring (bicyclic) bond motifs is 1. The molecule has 3 aromatic rings. The second-order valence-corrected chi connectivity index (χ2v) is 7.67. The average Bonchev–Trinajstić information content (AvgIpc) is 3.07. The number of hydrogen-bond donors (Lipinski definition) is 1. The van der Waals surface area contributed by atoms with E-state index in [2.05, 4.69) is 15.3 Å². The number of aromatic nitrogens is 3. The molecule has 4 rings (SSSR count). The molecule has 0 bridgehead atoms. The smallest absolute Gasteiger partial charge is 0.324 e. The second-order valence-electron chi connectivity index (χ2n) is 7.67. The van der Waals surface area contributed by atoms with Gasteiger partial charge in [0.2, 0.25) is 5.82 Å². The zero-order valence-electron chi connectivity index (χ0n) is 16.7. The summed E-state index contributed by atoms with van der Waals surface area (Å²) in [6.45, 7) is 4.61. The Bertz CT molecular complexity index is 1060. The summed E-state index contributed by atoms with van der Waals surface area (Å²) in [7, 11) is 0. The summed E-state index contributed by atoms with van der Waals surface area (Å²) in [6.07, 6.45) is -2.32. The summed E-state index contributed by atoms with van der Waals surface area (Å²) in [5.41, 5.74) is 3.25. The highest BCUT2D eigenvalue weighted by molar-refractivity contribution is 5.89. The van der Waals surface area contributed by atoms with E-state index < -0.39 is 18.0 Å². The lowest BCUT2D eigenvalue weighted by Crippen LogP contribution is -2.42. The maximum Gasteiger partial charge on any atom is 0.449 e. The van der Waals surface area contributed by atoms with Gasteiger partial charge in [0.05, 0.1) is 0 Å². The zero-order valence-corrected chi connectivity index (χ0v) is 16.7. The van der Waals surface area contributed by atoms with Crippen molar-refractivity contribution in [2.45, 2.75) is 38.9 Å². The fourth-order valence-electron chi connectivity index (χ4n) is 4.05. The predicted molar refractivity (Wildman–Crippen MR) is 107 cm³/mol.